The Balaban J connectivity index is 1.89. The molecule has 0 aliphatic rings. The molecule has 0 spiro atoms. The molecule has 0 bridgehead atoms. The zero-order chi connectivity index (χ0) is 22.6. The second-order valence-electron chi connectivity index (χ2n) is 7.49. The van der Waals surface area contributed by atoms with Gasteiger partial charge in [0.25, 0.3) is 0 Å². The Morgan fingerprint density at radius 3 is 2.55 bits per heavy atom. The van der Waals surface area contributed by atoms with Gasteiger partial charge in [-0.25, -0.2) is 19.5 Å². The molecular weight excluding hydrogens is 457 g/mol. The van der Waals surface area contributed by atoms with E-state index in [4.69, 9.17) is 20.0 Å². The van der Waals surface area contributed by atoms with Crippen molar-refractivity contribution < 1.29 is 18.9 Å². The summed E-state index contributed by atoms with van der Waals surface area (Å²) in [5.41, 5.74) is 7.54. The number of aromatic nitrogens is 3. The van der Waals surface area contributed by atoms with Crippen LogP contribution in [0.4, 0.5) is 10.9 Å². The molecule has 3 aromatic rings. The van der Waals surface area contributed by atoms with Crippen molar-refractivity contribution in [3.05, 3.63) is 35.9 Å². The maximum Gasteiger partial charge on any atom is 0.469 e. The minimum absolute atomic E-state index is 0.118. The summed E-state index contributed by atoms with van der Waals surface area (Å²) < 4.78 is 16.6. The van der Waals surface area contributed by atoms with Crippen LogP contribution in [0.2, 0.25) is 0 Å². The van der Waals surface area contributed by atoms with Gasteiger partial charge < -0.3 is 20.8 Å². The van der Waals surface area contributed by atoms with Crippen LogP contribution in [0, 0.1) is 5.92 Å². The number of nitrogens with two attached hydrogens (primary N) is 1. The molecule has 1 unspecified atom stereocenters. The summed E-state index contributed by atoms with van der Waals surface area (Å²) in [5, 5.41) is 4.30. The number of phosphoric acid groups is 1. The fourth-order valence-corrected chi connectivity index (χ4v) is 5.03. The molecule has 0 saturated carbocycles. The molecule has 5 N–H and O–H groups in total. The molecule has 2 atom stereocenters. The lowest BCUT2D eigenvalue weighted by atomic mass is 10.0. The van der Waals surface area contributed by atoms with Crippen molar-refractivity contribution >= 4 is 52.2 Å². The second kappa shape index (κ2) is 10.2. The van der Waals surface area contributed by atoms with Gasteiger partial charge >= 0.3 is 7.82 Å². The lowest BCUT2D eigenvalue weighted by molar-refractivity contribution is 0.184. The molecule has 1 aromatic carbocycles. The van der Waals surface area contributed by atoms with Crippen molar-refractivity contribution in [2.24, 2.45) is 5.92 Å². The molecule has 0 saturated heterocycles. The average Bonchev–Trinajstić information content (AvgIpc) is 3.06. The molecule has 3 rings (SSSR count). The summed E-state index contributed by atoms with van der Waals surface area (Å²) in [4.78, 5) is 31.7. The molecule has 2 heterocycles. The summed E-state index contributed by atoms with van der Waals surface area (Å²) in [6.45, 7) is 5.96. The maximum absolute atomic E-state index is 11.2. The molecule has 31 heavy (non-hydrogen) atoms. The number of thioether (sulfide) groups is 1. The molecule has 2 aromatic heterocycles. The van der Waals surface area contributed by atoms with Gasteiger partial charge in [0.1, 0.15) is 4.70 Å². The summed E-state index contributed by atoms with van der Waals surface area (Å²) in [7, 11) is -4.58. The number of anilines is 2. The number of nitrogen functional groups attached to an aromatic ring is 1. The van der Waals surface area contributed by atoms with Gasteiger partial charge in [-0.1, -0.05) is 67.3 Å². The van der Waals surface area contributed by atoms with Gasteiger partial charge in [-0.15, -0.1) is 0 Å². The van der Waals surface area contributed by atoms with Gasteiger partial charge in [0.15, 0.2) is 21.8 Å². The van der Waals surface area contributed by atoms with Gasteiger partial charge in [-0.3, -0.25) is 4.52 Å². The largest absolute Gasteiger partial charge is 0.469 e. The van der Waals surface area contributed by atoms with E-state index in [2.05, 4.69) is 27.2 Å². The quantitative estimate of drug-likeness (QED) is 0.185. The van der Waals surface area contributed by atoms with Crippen molar-refractivity contribution in [2.45, 2.75) is 43.6 Å². The highest BCUT2D eigenvalue weighted by Crippen LogP contribution is 2.38. The van der Waals surface area contributed by atoms with Crippen molar-refractivity contribution in [3.63, 3.8) is 0 Å². The van der Waals surface area contributed by atoms with Gasteiger partial charge in [0.05, 0.1) is 12.6 Å². The highest BCUT2D eigenvalue weighted by molar-refractivity contribution is 7.99. The molecular formula is C19H26N5O4PS2. The van der Waals surface area contributed by atoms with Gasteiger partial charge in [-0.2, -0.15) is 0 Å². The Bertz CT molecular complexity index is 1060. The number of fused-ring (bicyclic) bond motifs is 1. The van der Waals surface area contributed by atoms with Gasteiger partial charge in [0, 0.05) is 5.25 Å². The first kappa shape index (κ1) is 23.9. The number of nitrogens with zero attached hydrogens (tertiary/aromatic N) is 3. The Kier molecular flexibility index (Phi) is 7.90. The number of hydrogen-bond donors (Lipinski definition) is 4. The third-order valence-corrected chi connectivity index (χ3v) is 6.73. The maximum atomic E-state index is 11.2. The topological polar surface area (TPSA) is 143 Å². The third kappa shape index (κ3) is 7.13. The van der Waals surface area contributed by atoms with Crippen LogP contribution >= 0.6 is 30.9 Å². The molecule has 12 heteroatoms. The third-order valence-electron chi connectivity index (χ3n) is 4.34. The zero-order valence-electron chi connectivity index (χ0n) is 17.4. The van der Waals surface area contributed by atoms with Crippen LogP contribution in [-0.4, -0.2) is 37.4 Å². The van der Waals surface area contributed by atoms with E-state index in [9.17, 15) is 4.57 Å². The first-order valence-electron chi connectivity index (χ1n) is 9.73. The Labute approximate surface area is 189 Å². The zero-order valence-corrected chi connectivity index (χ0v) is 20.0. The van der Waals surface area contributed by atoms with Crippen molar-refractivity contribution in [1.29, 1.82) is 0 Å². The van der Waals surface area contributed by atoms with Crippen LogP contribution in [0.3, 0.4) is 0 Å². The Morgan fingerprint density at radius 1 is 1.19 bits per heavy atom. The molecule has 0 aliphatic carbocycles. The van der Waals surface area contributed by atoms with Crippen LogP contribution in [-0.2, 0) is 9.09 Å². The summed E-state index contributed by atoms with van der Waals surface area (Å²) >= 11 is 2.76. The van der Waals surface area contributed by atoms with Crippen molar-refractivity contribution in [3.8, 4) is 0 Å². The van der Waals surface area contributed by atoms with E-state index in [1.54, 1.807) is 0 Å². The number of nitrogens with one attached hydrogen (secondary N) is 1. The van der Waals surface area contributed by atoms with E-state index in [-0.39, 0.29) is 23.8 Å². The molecule has 0 radical (unpaired) electrons. The van der Waals surface area contributed by atoms with Gasteiger partial charge in [0.2, 0.25) is 0 Å². The monoisotopic (exact) mass is 483 g/mol. The van der Waals surface area contributed by atoms with E-state index in [1.165, 1.54) is 23.1 Å². The number of phosphoric ester groups is 1. The molecule has 0 amide bonds. The predicted molar refractivity (Wildman–Crippen MR) is 125 cm³/mol. The summed E-state index contributed by atoms with van der Waals surface area (Å²) in [6, 6.07) is 9.68. The fraction of sp³-hybridized carbons (Fsp3) is 0.421. The SMILES string of the molecule is CC(C)CC(COP(=O)(O)O)Nc1nc(S[C@@H](C)c2ccccc2)nc2nc(N)sc12. The van der Waals surface area contributed by atoms with E-state index in [0.29, 0.717) is 32.9 Å². The second-order valence-corrected chi connectivity index (χ2v) is 11.1. The van der Waals surface area contributed by atoms with Crippen LogP contribution in [0.15, 0.2) is 35.5 Å². The Hall–Kier alpha value is -1.75. The highest BCUT2D eigenvalue weighted by Gasteiger charge is 2.22. The first-order chi connectivity index (χ1) is 14.6. The summed E-state index contributed by atoms with van der Waals surface area (Å²) in [5.74, 6) is 0.801. The fourth-order valence-electron chi connectivity index (χ4n) is 3.04. The lowest BCUT2D eigenvalue weighted by Gasteiger charge is -2.22. The van der Waals surface area contributed by atoms with Gasteiger partial charge in [-0.05, 0) is 24.8 Å². The minimum Gasteiger partial charge on any atom is -0.375 e. The predicted octanol–water partition coefficient (Wildman–Crippen LogP) is 4.46. The van der Waals surface area contributed by atoms with Crippen molar-refractivity contribution in [2.75, 3.05) is 17.7 Å². The smallest absolute Gasteiger partial charge is 0.375 e. The lowest BCUT2D eigenvalue weighted by Crippen LogP contribution is -2.27. The van der Waals surface area contributed by atoms with Crippen LogP contribution in [0.5, 0.6) is 0 Å². The number of rotatable bonds is 10. The molecule has 168 valence electrons. The molecule has 9 nitrogen and oxygen atoms in total. The highest BCUT2D eigenvalue weighted by atomic mass is 32.2. The number of benzene rings is 1. The van der Waals surface area contributed by atoms with E-state index in [1.807, 2.05) is 44.2 Å². The first-order valence-corrected chi connectivity index (χ1v) is 13.0. The van der Waals surface area contributed by atoms with Crippen LogP contribution in [0.1, 0.15) is 38.0 Å². The number of hydrogen-bond acceptors (Lipinski definition) is 9. The number of thiazole rings is 1. The van der Waals surface area contributed by atoms with E-state index >= 15 is 0 Å². The minimum atomic E-state index is -4.58. The van der Waals surface area contributed by atoms with Crippen molar-refractivity contribution in [1.82, 2.24) is 15.0 Å². The van der Waals surface area contributed by atoms with E-state index in [0.717, 1.165) is 5.56 Å². The average molecular weight is 484 g/mol. The Morgan fingerprint density at radius 2 is 1.90 bits per heavy atom. The normalized spacial score (nSPS) is 14.1. The van der Waals surface area contributed by atoms with E-state index < -0.39 is 7.82 Å². The van der Waals surface area contributed by atoms with Crippen LogP contribution < -0.4 is 11.1 Å². The van der Waals surface area contributed by atoms with Crippen LogP contribution in [0.25, 0.3) is 10.3 Å². The molecule has 0 aliphatic heterocycles. The standard InChI is InChI=1S/C19H26N5O4PS2/c1-11(2)9-14(10-28-29(25,26)27)21-16-15-17(22-18(20)31-15)24-19(23-16)30-12(3)13-7-5-4-6-8-13/h4-8,11-12,14H,9-10H2,1-3H3,(H2,25,26,27)(H3,20,21,22,23,24)/t12-,14?/m0/s1. The molecule has 0 fully saturated rings. The summed E-state index contributed by atoms with van der Waals surface area (Å²) in [6.07, 6.45) is 0.628.